The maximum atomic E-state index is 12.6. The smallest absolute Gasteiger partial charge is 0.323 e. The number of carbonyl (C=O) groups excluding carboxylic acids is 2. The van der Waals surface area contributed by atoms with E-state index in [1.807, 2.05) is 40.6 Å². The first-order chi connectivity index (χ1) is 14.2. The number of aromatic nitrogens is 1. The molecule has 2 fully saturated rings. The maximum absolute atomic E-state index is 12.6. The number of thiazole rings is 1. The Bertz CT molecular complexity index is 827. The van der Waals surface area contributed by atoms with Crippen LogP contribution in [0.25, 0.3) is 11.3 Å². The van der Waals surface area contributed by atoms with E-state index in [-0.39, 0.29) is 11.9 Å². The van der Waals surface area contributed by atoms with Crippen molar-refractivity contribution in [3.8, 4) is 11.3 Å². The third-order valence-corrected chi connectivity index (χ3v) is 6.27. The average molecular weight is 414 g/mol. The number of carbonyl (C=O) groups is 2. The van der Waals surface area contributed by atoms with Crippen LogP contribution in [0, 0.1) is 0 Å². The number of hydrogen-bond acceptors (Lipinski definition) is 5. The number of hydrogen-bond donors (Lipinski definition) is 1. The van der Waals surface area contributed by atoms with E-state index in [9.17, 15) is 9.59 Å². The first-order valence-corrected chi connectivity index (χ1v) is 11.1. The van der Waals surface area contributed by atoms with Crippen molar-refractivity contribution < 1.29 is 9.59 Å². The average Bonchev–Trinajstić information content (AvgIpc) is 3.24. The molecule has 2 aliphatic rings. The second kappa shape index (κ2) is 9.37. The van der Waals surface area contributed by atoms with Crippen molar-refractivity contribution in [3.63, 3.8) is 0 Å². The van der Waals surface area contributed by atoms with Crippen LogP contribution in [0.15, 0.2) is 35.7 Å². The predicted octanol–water partition coefficient (Wildman–Crippen LogP) is 2.97. The van der Waals surface area contributed by atoms with Gasteiger partial charge in [0.05, 0.1) is 12.2 Å². The molecule has 29 heavy (non-hydrogen) atoms. The molecule has 1 aromatic carbocycles. The normalized spacial score (nSPS) is 17.9. The molecule has 0 aliphatic carbocycles. The lowest BCUT2D eigenvalue weighted by Crippen LogP contribution is -2.52. The summed E-state index contributed by atoms with van der Waals surface area (Å²) in [5, 5.41) is 5.47. The first-order valence-electron chi connectivity index (χ1n) is 10.3. The van der Waals surface area contributed by atoms with Gasteiger partial charge in [-0.05, 0) is 19.3 Å². The summed E-state index contributed by atoms with van der Waals surface area (Å²) in [7, 11) is 0. The molecule has 1 N–H and O–H groups in total. The third kappa shape index (κ3) is 5.13. The van der Waals surface area contributed by atoms with Gasteiger partial charge in [0.2, 0.25) is 5.91 Å². The van der Waals surface area contributed by atoms with Crippen molar-refractivity contribution in [1.82, 2.24) is 19.7 Å². The summed E-state index contributed by atoms with van der Waals surface area (Å²) in [4.78, 5) is 35.5. The van der Waals surface area contributed by atoms with Crippen molar-refractivity contribution in [2.45, 2.75) is 19.3 Å². The number of nitrogens with one attached hydrogen (secondary N) is 1. The van der Waals surface area contributed by atoms with E-state index >= 15 is 0 Å². The van der Waals surface area contributed by atoms with E-state index in [0.29, 0.717) is 24.8 Å². The highest BCUT2D eigenvalue weighted by molar-refractivity contribution is 7.14. The van der Waals surface area contributed by atoms with E-state index in [4.69, 9.17) is 0 Å². The van der Waals surface area contributed by atoms with Crippen LogP contribution < -0.4 is 5.32 Å². The van der Waals surface area contributed by atoms with E-state index in [1.54, 1.807) is 4.90 Å². The highest BCUT2D eigenvalue weighted by Gasteiger charge is 2.25. The van der Waals surface area contributed by atoms with Crippen molar-refractivity contribution >= 4 is 28.4 Å². The molecule has 3 heterocycles. The molecular weight excluding hydrogens is 386 g/mol. The zero-order chi connectivity index (χ0) is 20.1. The molecule has 1 aromatic heterocycles. The second-order valence-electron chi connectivity index (χ2n) is 7.54. The molecule has 3 amide bonds. The summed E-state index contributed by atoms with van der Waals surface area (Å²) in [5.41, 5.74) is 1.91. The molecule has 0 saturated carbocycles. The number of likely N-dealkylation sites (tertiary alicyclic amines) is 1. The third-order valence-electron chi connectivity index (χ3n) is 5.51. The van der Waals surface area contributed by atoms with Gasteiger partial charge < -0.3 is 9.80 Å². The van der Waals surface area contributed by atoms with Crippen LogP contribution in [0.3, 0.4) is 0 Å². The zero-order valence-corrected chi connectivity index (χ0v) is 17.4. The predicted molar refractivity (Wildman–Crippen MR) is 115 cm³/mol. The fourth-order valence-corrected chi connectivity index (χ4v) is 4.50. The molecule has 7 nitrogen and oxygen atoms in total. The van der Waals surface area contributed by atoms with Crippen LogP contribution >= 0.6 is 11.3 Å². The van der Waals surface area contributed by atoms with Crippen molar-refractivity contribution in [2.24, 2.45) is 0 Å². The van der Waals surface area contributed by atoms with Crippen LogP contribution in [-0.4, -0.2) is 77.4 Å². The molecule has 4 rings (SSSR count). The Kier molecular flexibility index (Phi) is 6.41. The summed E-state index contributed by atoms with van der Waals surface area (Å²) in [5.74, 6) is 0.221. The minimum atomic E-state index is -0.124. The summed E-state index contributed by atoms with van der Waals surface area (Å²) in [6.45, 7) is 4.93. The van der Waals surface area contributed by atoms with Gasteiger partial charge in [0.15, 0.2) is 5.13 Å². The molecule has 154 valence electrons. The van der Waals surface area contributed by atoms with Gasteiger partial charge in [-0.1, -0.05) is 30.3 Å². The lowest BCUT2D eigenvalue weighted by atomic mass is 10.1. The standard InChI is InChI=1S/C21H27N5O2S/c27-19(25-9-5-2-6-10-25)15-24-11-13-26(14-12-24)21(28)23-20-22-18(16-29-20)17-7-3-1-4-8-17/h1,3-4,7-8,16H,2,5-6,9-15H2,(H,22,23,28). The molecular formula is C21H27N5O2S. The molecule has 2 saturated heterocycles. The van der Waals surface area contributed by atoms with Gasteiger partial charge in [0.1, 0.15) is 0 Å². The minimum absolute atomic E-state index is 0.124. The lowest BCUT2D eigenvalue weighted by Gasteiger charge is -2.35. The van der Waals surface area contributed by atoms with Gasteiger partial charge in [0.25, 0.3) is 0 Å². The summed E-state index contributed by atoms with van der Waals surface area (Å²) in [6.07, 6.45) is 3.45. The molecule has 2 aliphatic heterocycles. The number of amides is 3. The monoisotopic (exact) mass is 413 g/mol. The van der Waals surface area contributed by atoms with E-state index < -0.39 is 0 Å². The Labute approximate surface area is 175 Å². The topological polar surface area (TPSA) is 68.8 Å². The summed E-state index contributed by atoms with van der Waals surface area (Å²) in [6, 6.07) is 9.81. The van der Waals surface area contributed by atoms with Crippen molar-refractivity contribution in [1.29, 1.82) is 0 Å². The van der Waals surface area contributed by atoms with Crippen LogP contribution in [0.2, 0.25) is 0 Å². The van der Waals surface area contributed by atoms with Gasteiger partial charge in [0, 0.05) is 50.2 Å². The van der Waals surface area contributed by atoms with E-state index in [1.165, 1.54) is 17.8 Å². The van der Waals surface area contributed by atoms with Crippen molar-refractivity contribution in [3.05, 3.63) is 35.7 Å². The highest BCUT2D eigenvalue weighted by atomic mass is 32.1. The number of rotatable bonds is 4. The first kappa shape index (κ1) is 19.8. The fraction of sp³-hybridized carbons (Fsp3) is 0.476. The Balaban J connectivity index is 1.24. The number of nitrogens with zero attached hydrogens (tertiary/aromatic N) is 4. The maximum Gasteiger partial charge on any atom is 0.323 e. The Hall–Kier alpha value is -2.45. The molecule has 0 bridgehead atoms. The minimum Gasteiger partial charge on any atom is -0.342 e. The molecule has 0 radical (unpaired) electrons. The van der Waals surface area contributed by atoms with Gasteiger partial charge in [-0.15, -0.1) is 11.3 Å². The molecule has 0 unspecified atom stereocenters. The van der Waals surface area contributed by atoms with E-state index in [0.717, 1.165) is 50.3 Å². The van der Waals surface area contributed by atoms with Gasteiger partial charge in [-0.25, -0.2) is 9.78 Å². The van der Waals surface area contributed by atoms with Crippen LogP contribution in [0.4, 0.5) is 9.93 Å². The quantitative estimate of drug-likeness (QED) is 0.837. The Morgan fingerprint density at radius 2 is 1.66 bits per heavy atom. The second-order valence-corrected chi connectivity index (χ2v) is 8.40. The number of anilines is 1. The van der Waals surface area contributed by atoms with Crippen molar-refractivity contribution in [2.75, 3.05) is 51.1 Å². The van der Waals surface area contributed by atoms with Crippen LogP contribution in [-0.2, 0) is 4.79 Å². The molecule has 2 aromatic rings. The summed E-state index contributed by atoms with van der Waals surface area (Å²) < 4.78 is 0. The SMILES string of the molecule is O=C(CN1CCN(C(=O)Nc2nc(-c3ccccc3)cs2)CC1)N1CCCCC1. The molecule has 8 heteroatoms. The van der Waals surface area contributed by atoms with Gasteiger partial charge >= 0.3 is 6.03 Å². The van der Waals surface area contributed by atoms with Crippen LogP contribution in [0.5, 0.6) is 0 Å². The number of piperazine rings is 1. The number of piperidine rings is 1. The molecule has 0 spiro atoms. The highest BCUT2D eigenvalue weighted by Crippen LogP contribution is 2.24. The van der Waals surface area contributed by atoms with E-state index in [2.05, 4.69) is 15.2 Å². The number of benzene rings is 1. The number of urea groups is 1. The van der Waals surface area contributed by atoms with Crippen LogP contribution in [0.1, 0.15) is 19.3 Å². The lowest BCUT2D eigenvalue weighted by molar-refractivity contribution is -0.133. The largest absolute Gasteiger partial charge is 0.342 e. The zero-order valence-electron chi connectivity index (χ0n) is 16.5. The Morgan fingerprint density at radius 3 is 2.38 bits per heavy atom. The molecule has 0 atom stereocenters. The Morgan fingerprint density at radius 1 is 0.931 bits per heavy atom. The summed E-state index contributed by atoms with van der Waals surface area (Å²) >= 11 is 1.43. The van der Waals surface area contributed by atoms with Gasteiger partial charge in [-0.3, -0.25) is 15.0 Å². The van der Waals surface area contributed by atoms with Gasteiger partial charge in [-0.2, -0.15) is 0 Å². The fourth-order valence-electron chi connectivity index (χ4n) is 3.79.